The van der Waals surface area contributed by atoms with Crippen molar-refractivity contribution < 1.29 is 18.0 Å². The SMILES string of the molecule is C[C@@]1(C(=O)NCc2ccccc2)CN(S(C)(=O)=O)CC(=O)N1c1cccc(Cl)c1. The van der Waals surface area contributed by atoms with Crippen molar-refractivity contribution in [2.24, 2.45) is 0 Å². The third-order valence-corrected chi connectivity index (χ3v) is 6.29. The number of carbonyl (C=O) groups is 2. The van der Waals surface area contributed by atoms with E-state index >= 15 is 0 Å². The Labute approximate surface area is 175 Å². The van der Waals surface area contributed by atoms with Crippen LogP contribution in [0, 0.1) is 0 Å². The average molecular weight is 436 g/mol. The van der Waals surface area contributed by atoms with Gasteiger partial charge in [0, 0.05) is 23.8 Å². The van der Waals surface area contributed by atoms with Gasteiger partial charge in [0.05, 0.1) is 12.8 Å². The third kappa shape index (κ3) is 4.60. The van der Waals surface area contributed by atoms with Gasteiger partial charge in [0.1, 0.15) is 5.54 Å². The van der Waals surface area contributed by atoms with E-state index < -0.39 is 27.4 Å². The fourth-order valence-corrected chi connectivity index (χ4v) is 4.40. The largest absolute Gasteiger partial charge is 0.350 e. The van der Waals surface area contributed by atoms with E-state index in [-0.39, 0.29) is 19.6 Å². The Morgan fingerprint density at radius 2 is 1.86 bits per heavy atom. The predicted octanol–water partition coefficient (Wildman–Crippen LogP) is 2.02. The molecule has 0 bridgehead atoms. The van der Waals surface area contributed by atoms with Crippen LogP contribution in [0.1, 0.15) is 12.5 Å². The van der Waals surface area contributed by atoms with E-state index in [9.17, 15) is 18.0 Å². The van der Waals surface area contributed by atoms with Crippen molar-refractivity contribution in [2.75, 3.05) is 24.2 Å². The molecule has 0 aromatic heterocycles. The van der Waals surface area contributed by atoms with Crippen LogP contribution in [0.15, 0.2) is 54.6 Å². The van der Waals surface area contributed by atoms with Gasteiger partial charge in [-0.25, -0.2) is 8.42 Å². The lowest BCUT2D eigenvalue weighted by Crippen LogP contribution is -2.70. The number of amides is 2. The number of hydrogen-bond acceptors (Lipinski definition) is 4. The quantitative estimate of drug-likeness (QED) is 0.778. The van der Waals surface area contributed by atoms with Crippen LogP contribution in [-0.2, 0) is 26.2 Å². The van der Waals surface area contributed by atoms with Gasteiger partial charge < -0.3 is 5.32 Å². The topological polar surface area (TPSA) is 86.8 Å². The Balaban J connectivity index is 1.96. The Hall–Kier alpha value is -2.42. The highest BCUT2D eigenvalue weighted by Crippen LogP contribution is 2.32. The molecule has 1 fully saturated rings. The first-order chi connectivity index (χ1) is 13.6. The third-order valence-electron chi connectivity index (χ3n) is 4.86. The molecule has 9 heteroatoms. The zero-order chi connectivity index (χ0) is 21.2. The highest BCUT2D eigenvalue weighted by Gasteiger charge is 2.50. The van der Waals surface area contributed by atoms with Gasteiger partial charge in [0.25, 0.3) is 0 Å². The number of carbonyl (C=O) groups excluding carboxylic acids is 2. The highest BCUT2D eigenvalue weighted by atomic mass is 35.5. The maximum Gasteiger partial charge on any atom is 0.247 e. The van der Waals surface area contributed by atoms with Gasteiger partial charge in [-0.2, -0.15) is 4.31 Å². The molecule has 2 aromatic rings. The first kappa shape index (κ1) is 21.3. The Morgan fingerprint density at radius 3 is 2.48 bits per heavy atom. The summed E-state index contributed by atoms with van der Waals surface area (Å²) in [7, 11) is -3.66. The van der Waals surface area contributed by atoms with Crippen LogP contribution in [0.5, 0.6) is 0 Å². The van der Waals surface area contributed by atoms with Gasteiger partial charge in [0.2, 0.25) is 21.8 Å². The molecule has 7 nitrogen and oxygen atoms in total. The zero-order valence-corrected chi connectivity index (χ0v) is 17.7. The zero-order valence-electron chi connectivity index (χ0n) is 16.1. The lowest BCUT2D eigenvalue weighted by atomic mass is 9.94. The summed E-state index contributed by atoms with van der Waals surface area (Å²) < 4.78 is 25.3. The fraction of sp³-hybridized carbons (Fsp3) is 0.300. The van der Waals surface area contributed by atoms with E-state index in [2.05, 4.69) is 5.32 Å². The van der Waals surface area contributed by atoms with Crippen LogP contribution >= 0.6 is 11.6 Å². The second-order valence-corrected chi connectivity index (χ2v) is 9.60. The van der Waals surface area contributed by atoms with Crippen molar-refractivity contribution in [3.63, 3.8) is 0 Å². The van der Waals surface area contributed by atoms with Gasteiger partial charge in [-0.15, -0.1) is 0 Å². The van der Waals surface area contributed by atoms with E-state index in [4.69, 9.17) is 11.6 Å². The van der Waals surface area contributed by atoms with Crippen LogP contribution in [0.3, 0.4) is 0 Å². The van der Waals surface area contributed by atoms with Crippen LogP contribution < -0.4 is 10.2 Å². The van der Waals surface area contributed by atoms with Gasteiger partial charge >= 0.3 is 0 Å². The summed E-state index contributed by atoms with van der Waals surface area (Å²) >= 11 is 6.08. The molecule has 1 heterocycles. The Morgan fingerprint density at radius 1 is 1.17 bits per heavy atom. The van der Waals surface area contributed by atoms with Gasteiger partial charge in [0.15, 0.2) is 0 Å². The number of sulfonamides is 1. The second kappa shape index (κ2) is 8.14. The van der Waals surface area contributed by atoms with E-state index in [1.807, 2.05) is 30.3 Å². The minimum Gasteiger partial charge on any atom is -0.350 e. The van der Waals surface area contributed by atoms with Gasteiger partial charge in [-0.1, -0.05) is 48.0 Å². The summed E-state index contributed by atoms with van der Waals surface area (Å²) in [5, 5.41) is 3.24. The van der Waals surface area contributed by atoms with Crippen LogP contribution in [0.4, 0.5) is 5.69 Å². The first-order valence-electron chi connectivity index (χ1n) is 8.97. The average Bonchev–Trinajstić information content (AvgIpc) is 2.65. The lowest BCUT2D eigenvalue weighted by molar-refractivity contribution is -0.133. The summed E-state index contributed by atoms with van der Waals surface area (Å²) in [5.41, 5.74) is -0.119. The Bertz CT molecular complexity index is 1030. The van der Waals surface area contributed by atoms with Crippen molar-refractivity contribution >= 4 is 39.1 Å². The van der Waals surface area contributed by atoms with Crippen LogP contribution in [0.25, 0.3) is 0 Å². The van der Waals surface area contributed by atoms with Crippen LogP contribution in [0.2, 0.25) is 5.02 Å². The smallest absolute Gasteiger partial charge is 0.247 e. The standard InChI is InChI=1S/C20H22ClN3O4S/c1-20(19(26)22-12-15-7-4-3-5-8-15)14-23(29(2,27)28)13-18(25)24(20)17-10-6-9-16(21)11-17/h3-11H,12-14H2,1-2H3,(H,22,26)/t20-/m0/s1. The summed E-state index contributed by atoms with van der Waals surface area (Å²) in [6.45, 7) is 1.31. The second-order valence-electron chi connectivity index (χ2n) is 7.18. The first-order valence-corrected chi connectivity index (χ1v) is 11.2. The van der Waals surface area contributed by atoms with E-state index in [0.717, 1.165) is 16.1 Å². The molecule has 1 N–H and O–H groups in total. The van der Waals surface area contributed by atoms with E-state index in [1.165, 1.54) is 4.90 Å². The lowest BCUT2D eigenvalue weighted by Gasteiger charge is -2.46. The molecule has 154 valence electrons. The molecule has 1 saturated heterocycles. The summed E-state index contributed by atoms with van der Waals surface area (Å²) in [6, 6.07) is 15.9. The number of halogens is 1. The maximum atomic E-state index is 13.2. The van der Waals surface area contributed by atoms with Crippen molar-refractivity contribution in [1.29, 1.82) is 0 Å². The Kier molecular flexibility index (Phi) is 5.97. The number of anilines is 1. The maximum absolute atomic E-state index is 13.2. The molecule has 2 amide bonds. The van der Waals surface area contributed by atoms with E-state index in [1.54, 1.807) is 31.2 Å². The number of nitrogens with zero attached hydrogens (tertiary/aromatic N) is 2. The summed E-state index contributed by atoms with van der Waals surface area (Å²) in [4.78, 5) is 27.5. The van der Waals surface area contributed by atoms with Gasteiger partial charge in [-0.3, -0.25) is 14.5 Å². The van der Waals surface area contributed by atoms with Crippen molar-refractivity contribution in [3.8, 4) is 0 Å². The normalized spacial score (nSPS) is 20.5. The monoisotopic (exact) mass is 435 g/mol. The molecule has 0 unspecified atom stereocenters. The summed E-state index contributed by atoms with van der Waals surface area (Å²) in [6.07, 6.45) is 1.03. The molecular formula is C20H22ClN3O4S. The highest BCUT2D eigenvalue weighted by molar-refractivity contribution is 7.88. The van der Waals surface area contributed by atoms with Gasteiger partial charge in [-0.05, 0) is 30.7 Å². The molecule has 2 aromatic carbocycles. The molecule has 0 spiro atoms. The molecule has 0 saturated carbocycles. The molecular weight excluding hydrogens is 414 g/mol. The minimum absolute atomic E-state index is 0.162. The fourth-order valence-electron chi connectivity index (χ4n) is 3.39. The number of benzene rings is 2. The number of rotatable bonds is 5. The minimum atomic E-state index is -3.66. The summed E-state index contributed by atoms with van der Waals surface area (Å²) in [5.74, 6) is -0.954. The molecule has 0 radical (unpaired) electrons. The molecule has 1 aliphatic rings. The van der Waals surface area contributed by atoms with Crippen molar-refractivity contribution in [1.82, 2.24) is 9.62 Å². The molecule has 1 aliphatic heterocycles. The molecule has 1 atom stereocenters. The number of nitrogens with one attached hydrogen (secondary N) is 1. The number of piperazine rings is 1. The molecule has 3 rings (SSSR count). The number of hydrogen-bond donors (Lipinski definition) is 1. The van der Waals surface area contributed by atoms with Crippen molar-refractivity contribution in [3.05, 3.63) is 65.2 Å². The van der Waals surface area contributed by atoms with Crippen molar-refractivity contribution in [2.45, 2.75) is 19.0 Å². The molecule has 29 heavy (non-hydrogen) atoms. The van der Waals surface area contributed by atoms with E-state index in [0.29, 0.717) is 10.7 Å². The predicted molar refractivity (Wildman–Crippen MR) is 112 cm³/mol. The molecule has 0 aliphatic carbocycles. The van der Waals surface area contributed by atoms with Crippen LogP contribution in [-0.4, -0.2) is 49.4 Å².